The lowest BCUT2D eigenvalue weighted by Gasteiger charge is -2.10. The van der Waals surface area contributed by atoms with Crippen LogP contribution in [0.2, 0.25) is 5.02 Å². The predicted octanol–water partition coefficient (Wildman–Crippen LogP) is 2.17. The van der Waals surface area contributed by atoms with Gasteiger partial charge in [0.2, 0.25) is 0 Å². The first-order chi connectivity index (χ1) is 8.61. The topological polar surface area (TPSA) is 103 Å². The maximum absolute atomic E-state index is 12.0. The number of nitrogens with zero attached hydrogens (tertiary/aromatic N) is 2. The largest absolute Gasteiger partial charge is 0.573 e. The van der Waals surface area contributed by atoms with Crippen LogP contribution in [0, 0.1) is 10.1 Å². The van der Waals surface area contributed by atoms with E-state index < -0.39 is 45.8 Å². The molecule has 0 fully saturated rings. The Balaban J connectivity index is 3.33. The van der Waals surface area contributed by atoms with Crippen molar-refractivity contribution in [2.45, 2.75) is 12.8 Å². The van der Waals surface area contributed by atoms with Gasteiger partial charge < -0.3 is 20.0 Å². The fraction of sp³-hybridized carbons (Fsp3) is 0.250. The average Bonchev–Trinajstić information content (AvgIpc) is 2.21. The summed E-state index contributed by atoms with van der Waals surface area (Å²) in [6.07, 6.45) is -5.64. The summed E-state index contributed by atoms with van der Waals surface area (Å²) in [7, 11) is 0. The molecule has 0 aromatic carbocycles. The Labute approximate surface area is 107 Å². The van der Waals surface area contributed by atoms with E-state index in [4.69, 9.17) is 16.7 Å². The van der Waals surface area contributed by atoms with Crippen LogP contribution in [0.5, 0.6) is 5.75 Å². The summed E-state index contributed by atoms with van der Waals surface area (Å²) >= 11 is 5.48. The highest BCUT2D eigenvalue weighted by Crippen LogP contribution is 2.35. The summed E-state index contributed by atoms with van der Waals surface area (Å²) in [5.74, 6) is -3.46. The minimum Gasteiger partial charge on any atom is -0.481 e. The third-order valence-electron chi connectivity index (χ3n) is 1.78. The van der Waals surface area contributed by atoms with E-state index >= 15 is 0 Å². The zero-order chi connectivity index (χ0) is 14.8. The van der Waals surface area contributed by atoms with Crippen LogP contribution in [0.4, 0.5) is 19.0 Å². The van der Waals surface area contributed by atoms with E-state index in [0.717, 1.165) is 0 Å². The molecule has 0 bridgehead atoms. The molecular formula is C8H4ClF3N2O5. The molecule has 0 unspecified atom stereocenters. The molecule has 0 radical (unpaired) electrons. The molecule has 0 saturated heterocycles. The minimum absolute atomic E-state index is 0.402. The van der Waals surface area contributed by atoms with Crippen molar-refractivity contribution >= 4 is 23.4 Å². The molecule has 7 nitrogen and oxygen atoms in total. The SMILES string of the molecule is O=C(O)Cc1c([N+](=O)[O-])ncc(OC(F)(F)F)c1Cl. The fourth-order valence-corrected chi connectivity index (χ4v) is 1.40. The van der Waals surface area contributed by atoms with Gasteiger partial charge >= 0.3 is 18.1 Å². The second kappa shape index (κ2) is 5.26. The van der Waals surface area contributed by atoms with Gasteiger partial charge in [-0.25, -0.2) is 0 Å². The fourth-order valence-electron chi connectivity index (χ4n) is 1.16. The number of hydrogen-bond donors (Lipinski definition) is 1. The predicted molar refractivity (Wildman–Crippen MR) is 53.9 cm³/mol. The summed E-state index contributed by atoms with van der Waals surface area (Å²) in [5, 5.41) is 18.3. The van der Waals surface area contributed by atoms with E-state index in [1.165, 1.54) is 0 Å². The third-order valence-corrected chi connectivity index (χ3v) is 2.20. The van der Waals surface area contributed by atoms with Crippen LogP contribution in [0.25, 0.3) is 0 Å². The van der Waals surface area contributed by atoms with Gasteiger partial charge in [-0.15, -0.1) is 13.2 Å². The van der Waals surface area contributed by atoms with Crippen LogP contribution in [-0.2, 0) is 11.2 Å². The number of aromatic nitrogens is 1. The van der Waals surface area contributed by atoms with Crippen LogP contribution in [0.3, 0.4) is 0 Å². The first-order valence-corrected chi connectivity index (χ1v) is 4.79. The van der Waals surface area contributed by atoms with Crippen molar-refractivity contribution in [3.05, 3.63) is 26.9 Å². The van der Waals surface area contributed by atoms with Gasteiger partial charge in [-0.1, -0.05) is 11.6 Å². The highest BCUT2D eigenvalue weighted by molar-refractivity contribution is 6.33. The normalized spacial score (nSPS) is 11.2. The molecule has 0 aliphatic heterocycles. The minimum atomic E-state index is -5.08. The van der Waals surface area contributed by atoms with E-state index in [1.807, 2.05) is 0 Å². The standard InChI is InChI=1S/C8H4ClF3N2O5/c9-6-3(1-5(15)16)7(14(17)18)13-2-4(6)19-8(10,11)12/h2H,1H2,(H,15,16). The highest BCUT2D eigenvalue weighted by Gasteiger charge is 2.35. The van der Waals surface area contributed by atoms with Crippen molar-refractivity contribution in [2.75, 3.05) is 0 Å². The van der Waals surface area contributed by atoms with Gasteiger partial charge in [0.05, 0.1) is 17.0 Å². The number of ether oxygens (including phenoxy) is 1. The Bertz CT molecular complexity index is 534. The Morgan fingerprint density at radius 3 is 2.58 bits per heavy atom. The van der Waals surface area contributed by atoms with Gasteiger partial charge in [0.15, 0.2) is 11.9 Å². The first-order valence-electron chi connectivity index (χ1n) is 4.41. The van der Waals surface area contributed by atoms with Crippen molar-refractivity contribution in [3.63, 3.8) is 0 Å². The number of carboxylic acid groups (broad SMARTS) is 1. The number of nitro groups is 1. The van der Waals surface area contributed by atoms with Crippen LogP contribution in [-0.4, -0.2) is 27.3 Å². The molecule has 104 valence electrons. The lowest BCUT2D eigenvalue weighted by atomic mass is 10.2. The summed E-state index contributed by atoms with van der Waals surface area (Å²) in [4.78, 5) is 23.2. The van der Waals surface area contributed by atoms with Crippen LogP contribution >= 0.6 is 11.6 Å². The molecule has 1 aromatic rings. The number of alkyl halides is 3. The quantitative estimate of drug-likeness (QED) is 0.675. The summed E-state index contributed by atoms with van der Waals surface area (Å²) in [6.45, 7) is 0. The maximum atomic E-state index is 12.0. The van der Waals surface area contributed by atoms with Gasteiger partial charge in [-0.3, -0.25) is 4.79 Å². The molecular weight excluding hydrogens is 297 g/mol. The van der Waals surface area contributed by atoms with Gasteiger partial charge in [-0.2, -0.15) is 0 Å². The smallest absolute Gasteiger partial charge is 0.481 e. The molecule has 19 heavy (non-hydrogen) atoms. The molecule has 0 atom stereocenters. The third kappa shape index (κ3) is 3.95. The Hall–Kier alpha value is -2.10. The first kappa shape index (κ1) is 15.0. The van der Waals surface area contributed by atoms with E-state index in [1.54, 1.807) is 0 Å². The second-order valence-corrected chi connectivity index (χ2v) is 3.49. The molecule has 0 saturated carbocycles. The number of hydrogen-bond acceptors (Lipinski definition) is 5. The van der Waals surface area contributed by atoms with Crippen molar-refractivity contribution in [2.24, 2.45) is 0 Å². The van der Waals surface area contributed by atoms with Crippen LogP contribution in [0.1, 0.15) is 5.56 Å². The van der Waals surface area contributed by atoms with E-state index in [-0.39, 0.29) is 0 Å². The zero-order valence-corrected chi connectivity index (χ0v) is 9.53. The van der Waals surface area contributed by atoms with E-state index in [9.17, 15) is 28.1 Å². The van der Waals surface area contributed by atoms with Crippen molar-refractivity contribution in [1.29, 1.82) is 0 Å². The monoisotopic (exact) mass is 300 g/mol. The molecule has 1 heterocycles. The number of pyridine rings is 1. The molecule has 1 N–H and O–H groups in total. The van der Waals surface area contributed by atoms with Crippen LogP contribution < -0.4 is 4.74 Å². The van der Waals surface area contributed by atoms with Gasteiger partial charge in [0.25, 0.3) is 0 Å². The Morgan fingerprint density at radius 1 is 1.58 bits per heavy atom. The van der Waals surface area contributed by atoms with Crippen LogP contribution in [0.15, 0.2) is 6.20 Å². The molecule has 1 aromatic heterocycles. The Kier molecular flexibility index (Phi) is 4.14. The molecule has 0 aliphatic carbocycles. The molecule has 1 rings (SSSR count). The second-order valence-electron chi connectivity index (χ2n) is 3.11. The summed E-state index contributed by atoms with van der Waals surface area (Å²) in [6, 6.07) is 0. The number of carbonyl (C=O) groups is 1. The molecule has 0 amide bonds. The zero-order valence-electron chi connectivity index (χ0n) is 8.77. The lowest BCUT2D eigenvalue weighted by Crippen LogP contribution is -2.18. The van der Waals surface area contributed by atoms with Gasteiger partial charge in [0.1, 0.15) is 0 Å². The van der Waals surface area contributed by atoms with Gasteiger partial charge in [-0.05, 0) is 9.91 Å². The summed E-state index contributed by atoms with van der Waals surface area (Å²) < 4.78 is 39.5. The lowest BCUT2D eigenvalue weighted by molar-refractivity contribution is -0.390. The van der Waals surface area contributed by atoms with Crippen molar-refractivity contribution < 1.29 is 32.7 Å². The average molecular weight is 301 g/mol. The highest BCUT2D eigenvalue weighted by atomic mass is 35.5. The Morgan fingerprint density at radius 2 is 2.16 bits per heavy atom. The maximum Gasteiger partial charge on any atom is 0.573 e. The van der Waals surface area contributed by atoms with E-state index in [0.29, 0.717) is 6.20 Å². The van der Waals surface area contributed by atoms with Crippen molar-refractivity contribution in [1.82, 2.24) is 4.98 Å². The van der Waals surface area contributed by atoms with Gasteiger partial charge in [0, 0.05) is 0 Å². The number of rotatable bonds is 4. The van der Waals surface area contributed by atoms with E-state index in [2.05, 4.69) is 9.72 Å². The van der Waals surface area contributed by atoms with Crippen molar-refractivity contribution in [3.8, 4) is 5.75 Å². The number of halogens is 4. The molecule has 11 heteroatoms. The summed E-state index contributed by atoms with van der Waals surface area (Å²) in [5.41, 5.74) is -0.666. The molecule has 0 aliphatic rings. The number of carboxylic acids is 1. The molecule has 0 spiro atoms. The number of aliphatic carboxylic acids is 1.